The summed E-state index contributed by atoms with van der Waals surface area (Å²) < 4.78 is 29.1. The highest BCUT2D eigenvalue weighted by Crippen LogP contribution is 2.37. The van der Waals surface area contributed by atoms with Gasteiger partial charge in [-0.25, -0.2) is 0 Å². The SMILES string of the molecule is CN[C@@H](C)C(=O)N[C@H]1CN(S(=O)(=O)N(C)C)c2ccccc2N(Cc2c(C)ccc3ccccc23)C1=O.Cl. The van der Waals surface area contributed by atoms with Crippen molar-refractivity contribution in [1.29, 1.82) is 0 Å². The number of nitrogens with one attached hydrogen (secondary N) is 2. The third-order valence-electron chi connectivity index (χ3n) is 6.83. The van der Waals surface area contributed by atoms with Crippen molar-refractivity contribution in [3.63, 3.8) is 0 Å². The quantitative estimate of drug-likeness (QED) is 0.463. The van der Waals surface area contributed by atoms with Crippen LogP contribution in [0.2, 0.25) is 0 Å². The summed E-state index contributed by atoms with van der Waals surface area (Å²) in [6, 6.07) is 17.3. The van der Waals surface area contributed by atoms with E-state index in [0.717, 1.165) is 26.2 Å². The molecule has 9 nitrogen and oxygen atoms in total. The molecule has 1 aliphatic heterocycles. The van der Waals surface area contributed by atoms with Crippen molar-refractivity contribution in [1.82, 2.24) is 14.9 Å². The van der Waals surface area contributed by atoms with Gasteiger partial charge in [0.2, 0.25) is 5.91 Å². The number of nitrogens with zero attached hydrogens (tertiary/aromatic N) is 3. The molecule has 0 saturated carbocycles. The fourth-order valence-corrected chi connectivity index (χ4v) is 5.61. The van der Waals surface area contributed by atoms with E-state index in [1.807, 2.05) is 43.3 Å². The Hall–Kier alpha value is -3.18. The van der Waals surface area contributed by atoms with Crippen LogP contribution in [0.25, 0.3) is 10.8 Å². The Balaban J connectivity index is 0.00000400. The van der Waals surface area contributed by atoms with Crippen LogP contribution in [0.3, 0.4) is 0 Å². The molecule has 1 heterocycles. The summed E-state index contributed by atoms with van der Waals surface area (Å²) in [5.41, 5.74) is 2.80. The van der Waals surface area contributed by atoms with Crippen LogP contribution in [0.1, 0.15) is 18.1 Å². The van der Waals surface area contributed by atoms with Crippen LogP contribution in [0.15, 0.2) is 60.7 Å². The van der Waals surface area contributed by atoms with E-state index in [4.69, 9.17) is 0 Å². The van der Waals surface area contributed by atoms with Gasteiger partial charge in [0.05, 0.1) is 30.5 Å². The highest BCUT2D eigenvalue weighted by molar-refractivity contribution is 7.90. The molecule has 1 aliphatic rings. The van der Waals surface area contributed by atoms with Crippen LogP contribution in [-0.4, -0.2) is 64.3 Å². The molecule has 0 spiro atoms. The average molecular weight is 560 g/mol. The minimum Gasteiger partial charge on any atom is -0.341 e. The number of carbonyl (C=O) groups excluding carboxylic acids is 2. The van der Waals surface area contributed by atoms with Gasteiger partial charge >= 0.3 is 10.2 Å². The van der Waals surface area contributed by atoms with Gasteiger partial charge in [0.15, 0.2) is 0 Å². The van der Waals surface area contributed by atoms with Crippen molar-refractivity contribution in [3.05, 3.63) is 71.8 Å². The van der Waals surface area contributed by atoms with E-state index in [1.54, 1.807) is 43.1 Å². The lowest BCUT2D eigenvalue weighted by molar-refractivity contribution is -0.128. The number of hydrogen-bond acceptors (Lipinski definition) is 5. The molecule has 2 atom stereocenters. The van der Waals surface area contributed by atoms with Gasteiger partial charge in [0, 0.05) is 14.1 Å². The molecule has 0 aromatic heterocycles. The molecule has 11 heteroatoms. The molecule has 4 rings (SSSR count). The zero-order valence-electron chi connectivity index (χ0n) is 22.1. The van der Waals surface area contributed by atoms with E-state index < -0.39 is 28.2 Å². The first-order valence-electron chi connectivity index (χ1n) is 12.1. The Morgan fingerprint density at radius 2 is 1.68 bits per heavy atom. The zero-order chi connectivity index (χ0) is 26.9. The Kier molecular flexibility index (Phi) is 9.04. The van der Waals surface area contributed by atoms with Gasteiger partial charge in [-0.05, 0) is 54.9 Å². The number of fused-ring (bicyclic) bond motifs is 2. The van der Waals surface area contributed by atoms with E-state index in [2.05, 4.69) is 10.6 Å². The van der Waals surface area contributed by atoms with Crippen LogP contribution in [0, 0.1) is 6.92 Å². The summed E-state index contributed by atoms with van der Waals surface area (Å²) in [7, 11) is 0.559. The number of carbonyl (C=O) groups is 2. The molecule has 0 bridgehead atoms. The van der Waals surface area contributed by atoms with Crippen molar-refractivity contribution >= 4 is 56.6 Å². The van der Waals surface area contributed by atoms with Crippen LogP contribution in [0.4, 0.5) is 11.4 Å². The number of amides is 2. The highest BCUT2D eigenvalue weighted by Gasteiger charge is 2.40. The molecule has 0 radical (unpaired) electrons. The van der Waals surface area contributed by atoms with Gasteiger partial charge in [0.25, 0.3) is 5.91 Å². The minimum atomic E-state index is -3.97. The van der Waals surface area contributed by atoms with Crippen molar-refractivity contribution in [2.45, 2.75) is 32.5 Å². The number of anilines is 2. The summed E-state index contributed by atoms with van der Waals surface area (Å²) in [6.45, 7) is 3.65. The lowest BCUT2D eigenvalue weighted by atomic mass is 9.99. The lowest BCUT2D eigenvalue weighted by Gasteiger charge is -2.29. The first-order valence-corrected chi connectivity index (χ1v) is 13.5. The second-order valence-corrected chi connectivity index (χ2v) is 11.5. The maximum Gasteiger partial charge on any atom is 0.303 e. The largest absolute Gasteiger partial charge is 0.341 e. The smallest absolute Gasteiger partial charge is 0.303 e. The van der Waals surface area contributed by atoms with E-state index in [0.29, 0.717) is 11.4 Å². The minimum absolute atomic E-state index is 0. The fraction of sp³-hybridized carbons (Fsp3) is 0.333. The summed E-state index contributed by atoms with van der Waals surface area (Å²) in [6.07, 6.45) is 0. The predicted molar refractivity (Wildman–Crippen MR) is 154 cm³/mol. The van der Waals surface area contributed by atoms with Crippen molar-refractivity contribution in [3.8, 4) is 0 Å². The van der Waals surface area contributed by atoms with Crippen LogP contribution in [-0.2, 0) is 26.3 Å². The van der Waals surface area contributed by atoms with Gasteiger partial charge in [-0.3, -0.25) is 13.9 Å². The van der Waals surface area contributed by atoms with Gasteiger partial charge < -0.3 is 15.5 Å². The van der Waals surface area contributed by atoms with Crippen molar-refractivity contribution in [2.24, 2.45) is 0 Å². The second-order valence-electron chi connectivity index (χ2n) is 9.39. The third kappa shape index (κ3) is 5.49. The second kappa shape index (κ2) is 11.7. The topological polar surface area (TPSA) is 102 Å². The summed E-state index contributed by atoms with van der Waals surface area (Å²) in [5, 5.41) is 7.71. The monoisotopic (exact) mass is 559 g/mol. The number of para-hydroxylation sites is 2. The average Bonchev–Trinajstić information content (AvgIpc) is 3.00. The van der Waals surface area contributed by atoms with E-state index >= 15 is 0 Å². The summed E-state index contributed by atoms with van der Waals surface area (Å²) in [5.74, 6) is -0.775. The Morgan fingerprint density at radius 3 is 2.34 bits per heavy atom. The standard InChI is InChI=1S/C27H33N5O4S.ClH/c1-18-14-15-20-10-6-7-11-21(20)22(18)16-31-24-12-8-9-13-25(24)32(37(35,36)30(4)5)17-23(27(31)34)29-26(33)19(2)28-3;/h6-15,19,23,28H,16-17H2,1-5H3,(H,29,33);1H/t19-,23-;/m0./s1. The molecule has 38 heavy (non-hydrogen) atoms. The Bertz CT molecular complexity index is 1450. The number of rotatable bonds is 7. The normalized spacial score (nSPS) is 16.6. The van der Waals surface area contributed by atoms with Crippen LogP contribution < -0.4 is 19.8 Å². The van der Waals surface area contributed by atoms with Gasteiger partial charge in [-0.15, -0.1) is 12.4 Å². The number of likely N-dealkylation sites (N-methyl/N-ethyl adjacent to an activating group) is 1. The molecule has 0 unspecified atom stereocenters. The summed E-state index contributed by atoms with van der Waals surface area (Å²) >= 11 is 0. The third-order valence-corrected chi connectivity index (χ3v) is 8.65. The van der Waals surface area contributed by atoms with Gasteiger partial charge in [-0.1, -0.05) is 48.5 Å². The highest BCUT2D eigenvalue weighted by atomic mass is 35.5. The molecule has 2 amide bonds. The maximum absolute atomic E-state index is 14.1. The lowest BCUT2D eigenvalue weighted by Crippen LogP contribution is -2.56. The van der Waals surface area contributed by atoms with E-state index in [-0.39, 0.29) is 31.4 Å². The molecule has 204 valence electrons. The zero-order valence-corrected chi connectivity index (χ0v) is 23.8. The van der Waals surface area contributed by atoms with Crippen molar-refractivity contribution in [2.75, 3.05) is 36.9 Å². The van der Waals surface area contributed by atoms with Crippen LogP contribution >= 0.6 is 12.4 Å². The first-order chi connectivity index (χ1) is 17.6. The predicted octanol–water partition coefficient (Wildman–Crippen LogP) is 2.82. The van der Waals surface area contributed by atoms with Gasteiger partial charge in [-0.2, -0.15) is 12.7 Å². The van der Waals surface area contributed by atoms with E-state index in [9.17, 15) is 18.0 Å². The number of benzene rings is 3. The Morgan fingerprint density at radius 1 is 1.05 bits per heavy atom. The fourth-order valence-electron chi connectivity index (χ4n) is 4.48. The van der Waals surface area contributed by atoms with Crippen LogP contribution in [0.5, 0.6) is 0 Å². The maximum atomic E-state index is 14.1. The molecule has 3 aromatic carbocycles. The van der Waals surface area contributed by atoms with E-state index in [1.165, 1.54) is 18.4 Å². The molecular formula is C27H34ClN5O4S. The first kappa shape index (κ1) is 29.4. The number of hydrogen-bond donors (Lipinski definition) is 2. The molecular weight excluding hydrogens is 526 g/mol. The molecule has 0 aliphatic carbocycles. The molecule has 0 fully saturated rings. The van der Waals surface area contributed by atoms with Gasteiger partial charge in [0.1, 0.15) is 6.04 Å². The molecule has 2 N–H and O–H groups in total. The number of halogens is 1. The molecule has 3 aromatic rings. The molecule has 0 saturated heterocycles. The summed E-state index contributed by atoms with van der Waals surface area (Å²) in [4.78, 5) is 28.5. The number of aryl methyl sites for hydroxylation is 1. The Labute approximate surface area is 230 Å². The van der Waals surface area contributed by atoms with Crippen molar-refractivity contribution < 1.29 is 18.0 Å².